The quantitative estimate of drug-likeness (QED) is 0.478. The highest BCUT2D eigenvalue weighted by molar-refractivity contribution is 7.80. The van der Waals surface area contributed by atoms with Crippen LogP contribution in [0.25, 0.3) is 0 Å². The average Bonchev–Trinajstić information content (AvgIpc) is 2.13. The first kappa shape index (κ1) is 14.2. The van der Waals surface area contributed by atoms with Crippen molar-refractivity contribution in [2.75, 3.05) is 6.54 Å². The highest BCUT2D eigenvalue weighted by Crippen LogP contribution is 2.01. The minimum atomic E-state index is -0.235. The molecule has 0 saturated carbocycles. The normalized spacial score (nSPS) is 12.3. The Labute approximate surface area is 97.0 Å². The van der Waals surface area contributed by atoms with Crippen molar-refractivity contribution in [3.05, 3.63) is 0 Å². The molecular weight excluding hydrogens is 210 g/mol. The summed E-state index contributed by atoms with van der Waals surface area (Å²) in [7, 11) is 0. The Morgan fingerprint density at radius 3 is 2.47 bits per heavy atom. The molecular formula is C10H21N3OS. The molecule has 1 atom stereocenters. The number of nitrogens with one attached hydrogen (secondary N) is 2. The number of urea groups is 1. The number of carbonyl (C=O) groups excluding carboxylic acids is 1. The second-order valence-electron chi connectivity index (χ2n) is 3.88. The molecule has 0 fully saturated rings. The van der Waals surface area contributed by atoms with Gasteiger partial charge in [-0.3, -0.25) is 0 Å². The molecule has 5 heteroatoms. The first-order chi connectivity index (χ1) is 6.99. The van der Waals surface area contributed by atoms with E-state index in [1.807, 2.05) is 13.8 Å². The van der Waals surface area contributed by atoms with Crippen LogP contribution < -0.4 is 16.4 Å². The van der Waals surface area contributed by atoms with Gasteiger partial charge in [0, 0.05) is 6.54 Å². The van der Waals surface area contributed by atoms with Crippen LogP contribution in [0.3, 0.4) is 0 Å². The van der Waals surface area contributed by atoms with Crippen LogP contribution in [0.1, 0.15) is 33.6 Å². The van der Waals surface area contributed by atoms with Crippen LogP contribution in [0.15, 0.2) is 0 Å². The Hall–Kier alpha value is -0.840. The molecule has 4 N–H and O–H groups in total. The van der Waals surface area contributed by atoms with Crippen molar-refractivity contribution in [1.29, 1.82) is 0 Å². The Balaban J connectivity index is 3.95. The summed E-state index contributed by atoms with van der Waals surface area (Å²) in [6.45, 7) is 6.70. The van der Waals surface area contributed by atoms with Crippen molar-refractivity contribution < 1.29 is 4.79 Å². The van der Waals surface area contributed by atoms with Crippen LogP contribution >= 0.6 is 12.2 Å². The van der Waals surface area contributed by atoms with E-state index in [-0.39, 0.29) is 18.0 Å². The van der Waals surface area contributed by atoms with Crippen LogP contribution in [0.2, 0.25) is 0 Å². The zero-order valence-electron chi connectivity index (χ0n) is 9.67. The first-order valence-corrected chi connectivity index (χ1v) is 5.73. The lowest BCUT2D eigenvalue weighted by Gasteiger charge is -2.21. The molecule has 0 heterocycles. The summed E-state index contributed by atoms with van der Waals surface area (Å²) >= 11 is 4.88. The SMILES string of the molecule is CCCCNC(=O)NC(C(N)=S)C(C)C. The van der Waals surface area contributed by atoms with E-state index in [2.05, 4.69) is 17.6 Å². The largest absolute Gasteiger partial charge is 0.392 e. The predicted octanol–water partition coefficient (Wildman–Crippen LogP) is 1.40. The molecule has 88 valence electrons. The van der Waals surface area contributed by atoms with E-state index >= 15 is 0 Å². The number of carbonyl (C=O) groups is 1. The molecule has 0 spiro atoms. The lowest BCUT2D eigenvalue weighted by molar-refractivity contribution is 0.237. The summed E-state index contributed by atoms with van der Waals surface area (Å²) in [6.07, 6.45) is 2.04. The Kier molecular flexibility index (Phi) is 7.03. The van der Waals surface area contributed by atoms with E-state index in [9.17, 15) is 4.79 Å². The third-order valence-corrected chi connectivity index (χ3v) is 2.33. The second-order valence-corrected chi connectivity index (χ2v) is 4.35. The summed E-state index contributed by atoms with van der Waals surface area (Å²) in [5, 5.41) is 5.52. The molecule has 1 unspecified atom stereocenters. The van der Waals surface area contributed by atoms with Crippen molar-refractivity contribution in [2.24, 2.45) is 11.7 Å². The van der Waals surface area contributed by atoms with Gasteiger partial charge in [0.1, 0.15) is 0 Å². The van der Waals surface area contributed by atoms with Gasteiger partial charge in [0.2, 0.25) is 0 Å². The number of nitrogens with two attached hydrogens (primary N) is 1. The van der Waals surface area contributed by atoms with E-state index in [1.165, 1.54) is 0 Å². The molecule has 2 amide bonds. The van der Waals surface area contributed by atoms with Crippen LogP contribution in [0.4, 0.5) is 4.79 Å². The standard InChI is InChI=1S/C10H21N3OS/c1-4-5-6-12-10(14)13-8(7(2)3)9(11)15/h7-8H,4-6H2,1-3H3,(H2,11,15)(H2,12,13,14). The topological polar surface area (TPSA) is 67.2 Å². The molecule has 4 nitrogen and oxygen atoms in total. The summed E-state index contributed by atoms with van der Waals surface area (Å²) in [6, 6.07) is -0.434. The van der Waals surface area contributed by atoms with Crippen molar-refractivity contribution >= 4 is 23.2 Å². The number of hydrogen-bond acceptors (Lipinski definition) is 2. The molecule has 0 saturated heterocycles. The van der Waals surface area contributed by atoms with Crippen molar-refractivity contribution in [3.63, 3.8) is 0 Å². The van der Waals surface area contributed by atoms with E-state index < -0.39 is 0 Å². The van der Waals surface area contributed by atoms with Crippen LogP contribution in [0.5, 0.6) is 0 Å². The van der Waals surface area contributed by atoms with E-state index in [0.29, 0.717) is 11.5 Å². The molecule has 0 aliphatic heterocycles. The van der Waals surface area contributed by atoms with E-state index in [4.69, 9.17) is 18.0 Å². The highest BCUT2D eigenvalue weighted by Gasteiger charge is 2.18. The smallest absolute Gasteiger partial charge is 0.315 e. The molecule has 0 rings (SSSR count). The fourth-order valence-corrected chi connectivity index (χ4v) is 1.47. The molecule has 0 aliphatic rings. The van der Waals surface area contributed by atoms with Crippen molar-refractivity contribution in [2.45, 2.75) is 39.7 Å². The Morgan fingerprint density at radius 1 is 1.47 bits per heavy atom. The number of amides is 2. The summed E-state index contributed by atoms with van der Waals surface area (Å²) in [4.78, 5) is 11.7. The third-order valence-electron chi connectivity index (χ3n) is 2.08. The third kappa shape index (κ3) is 6.28. The summed E-state index contributed by atoms with van der Waals surface area (Å²) in [5.74, 6) is 0.208. The van der Waals surface area contributed by atoms with Gasteiger partial charge in [-0.15, -0.1) is 0 Å². The lowest BCUT2D eigenvalue weighted by Crippen LogP contribution is -2.50. The number of rotatable bonds is 6. The zero-order chi connectivity index (χ0) is 11.8. The lowest BCUT2D eigenvalue weighted by atomic mass is 10.1. The van der Waals surface area contributed by atoms with E-state index in [1.54, 1.807) is 0 Å². The van der Waals surface area contributed by atoms with Gasteiger partial charge in [-0.25, -0.2) is 4.79 Å². The molecule has 0 aromatic rings. The minimum Gasteiger partial charge on any atom is -0.392 e. The number of unbranched alkanes of at least 4 members (excludes halogenated alkanes) is 1. The highest BCUT2D eigenvalue weighted by atomic mass is 32.1. The van der Waals surface area contributed by atoms with Gasteiger partial charge < -0.3 is 16.4 Å². The Morgan fingerprint density at radius 2 is 2.07 bits per heavy atom. The van der Waals surface area contributed by atoms with Crippen molar-refractivity contribution in [3.8, 4) is 0 Å². The monoisotopic (exact) mass is 231 g/mol. The maximum absolute atomic E-state index is 11.4. The van der Waals surface area contributed by atoms with Gasteiger partial charge in [-0.05, 0) is 12.3 Å². The summed E-state index contributed by atoms with van der Waals surface area (Å²) < 4.78 is 0. The molecule has 0 radical (unpaired) electrons. The minimum absolute atomic E-state index is 0.199. The first-order valence-electron chi connectivity index (χ1n) is 5.32. The fourth-order valence-electron chi connectivity index (χ4n) is 1.14. The zero-order valence-corrected chi connectivity index (χ0v) is 10.5. The van der Waals surface area contributed by atoms with E-state index in [0.717, 1.165) is 12.8 Å². The fraction of sp³-hybridized carbons (Fsp3) is 0.800. The van der Waals surface area contributed by atoms with Crippen LogP contribution in [-0.2, 0) is 0 Å². The van der Waals surface area contributed by atoms with Crippen molar-refractivity contribution in [1.82, 2.24) is 10.6 Å². The molecule has 0 bridgehead atoms. The van der Waals surface area contributed by atoms with Gasteiger partial charge in [0.15, 0.2) is 0 Å². The van der Waals surface area contributed by atoms with Crippen LogP contribution in [0, 0.1) is 5.92 Å². The van der Waals surface area contributed by atoms with Gasteiger partial charge in [0.25, 0.3) is 0 Å². The number of thiocarbonyl (C=S) groups is 1. The predicted molar refractivity (Wildman–Crippen MR) is 66.9 cm³/mol. The maximum atomic E-state index is 11.4. The molecule has 0 aromatic heterocycles. The summed E-state index contributed by atoms with van der Waals surface area (Å²) in [5.41, 5.74) is 5.53. The molecule has 0 aliphatic carbocycles. The molecule has 15 heavy (non-hydrogen) atoms. The average molecular weight is 231 g/mol. The Bertz CT molecular complexity index is 219. The van der Waals surface area contributed by atoms with Crippen LogP contribution in [-0.4, -0.2) is 23.6 Å². The second kappa shape index (κ2) is 7.45. The van der Waals surface area contributed by atoms with Gasteiger partial charge >= 0.3 is 6.03 Å². The van der Waals surface area contributed by atoms with Gasteiger partial charge in [-0.1, -0.05) is 39.4 Å². The number of hydrogen-bond donors (Lipinski definition) is 3. The van der Waals surface area contributed by atoms with Gasteiger partial charge in [-0.2, -0.15) is 0 Å². The van der Waals surface area contributed by atoms with Gasteiger partial charge in [0.05, 0.1) is 11.0 Å². The molecule has 0 aromatic carbocycles. The maximum Gasteiger partial charge on any atom is 0.315 e.